The van der Waals surface area contributed by atoms with Crippen molar-refractivity contribution < 1.29 is 13.9 Å². The molecule has 0 radical (unpaired) electrons. The number of nitrogens with one attached hydrogen (secondary N) is 3. The SMILES string of the molecule is CCNC(=NCC(C)Oc1ccccc1F)NCCc1cccc(C(=O)NC)c1.I. The molecule has 0 spiro atoms. The number of halogens is 2. The van der Waals surface area contributed by atoms with Crippen LogP contribution in [0, 0.1) is 5.82 Å². The monoisotopic (exact) mass is 528 g/mol. The Morgan fingerprint density at radius 2 is 1.93 bits per heavy atom. The second-order valence-electron chi connectivity index (χ2n) is 6.53. The van der Waals surface area contributed by atoms with Crippen molar-refractivity contribution in [2.24, 2.45) is 4.99 Å². The third-order valence-electron chi connectivity index (χ3n) is 4.14. The predicted octanol–water partition coefficient (Wildman–Crippen LogP) is 3.37. The summed E-state index contributed by atoms with van der Waals surface area (Å²) in [7, 11) is 1.62. The Bertz CT molecular complexity index is 832. The summed E-state index contributed by atoms with van der Waals surface area (Å²) >= 11 is 0. The van der Waals surface area contributed by atoms with Crippen molar-refractivity contribution >= 4 is 35.8 Å². The molecule has 0 aromatic heterocycles. The van der Waals surface area contributed by atoms with Crippen LogP contribution in [-0.4, -0.2) is 44.7 Å². The van der Waals surface area contributed by atoms with Crippen molar-refractivity contribution in [2.75, 3.05) is 26.7 Å². The van der Waals surface area contributed by atoms with E-state index < -0.39 is 0 Å². The van der Waals surface area contributed by atoms with Gasteiger partial charge in [0.15, 0.2) is 17.5 Å². The summed E-state index contributed by atoms with van der Waals surface area (Å²) in [6, 6.07) is 13.9. The molecule has 2 aromatic rings. The molecular weight excluding hydrogens is 498 g/mol. The summed E-state index contributed by atoms with van der Waals surface area (Å²) in [4.78, 5) is 16.3. The molecule has 0 bridgehead atoms. The van der Waals surface area contributed by atoms with E-state index in [1.165, 1.54) is 6.07 Å². The Morgan fingerprint density at radius 3 is 2.63 bits per heavy atom. The van der Waals surface area contributed by atoms with Gasteiger partial charge in [0, 0.05) is 25.7 Å². The number of aliphatic imine (C=N–C) groups is 1. The lowest BCUT2D eigenvalue weighted by molar-refractivity contribution is 0.0963. The Morgan fingerprint density at radius 1 is 1.17 bits per heavy atom. The minimum atomic E-state index is -0.382. The zero-order valence-corrected chi connectivity index (χ0v) is 19.9. The first kappa shape index (κ1) is 25.7. The molecule has 8 heteroatoms. The van der Waals surface area contributed by atoms with Crippen LogP contribution in [0.1, 0.15) is 29.8 Å². The van der Waals surface area contributed by atoms with Crippen LogP contribution in [0.4, 0.5) is 4.39 Å². The lowest BCUT2D eigenvalue weighted by Gasteiger charge is -2.15. The molecule has 1 unspecified atom stereocenters. The summed E-state index contributed by atoms with van der Waals surface area (Å²) in [5.74, 6) is 0.411. The number of rotatable bonds is 9. The molecule has 0 fully saturated rings. The molecule has 2 rings (SSSR count). The topological polar surface area (TPSA) is 74.8 Å². The van der Waals surface area contributed by atoms with Crippen molar-refractivity contribution in [1.29, 1.82) is 0 Å². The minimum Gasteiger partial charge on any atom is -0.486 e. The van der Waals surface area contributed by atoms with Gasteiger partial charge in [-0.2, -0.15) is 0 Å². The van der Waals surface area contributed by atoms with E-state index in [9.17, 15) is 9.18 Å². The zero-order chi connectivity index (χ0) is 21.1. The summed E-state index contributed by atoms with van der Waals surface area (Å²) in [5, 5.41) is 9.08. The van der Waals surface area contributed by atoms with Crippen molar-refractivity contribution in [3.63, 3.8) is 0 Å². The number of carbonyl (C=O) groups excluding carboxylic acids is 1. The highest BCUT2D eigenvalue weighted by atomic mass is 127. The molecule has 0 aliphatic heterocycles. The number of benzene rings is 2. The first-order chi connectivity index (χ1) is 14.0. The number of carbonyl (C=O) groups is 1. The smallest absolute Gasteiger partial charge is 0.251 e. The molecule has 2 aromatic carbocycles. The van der Waals surface area contributed by atoms with Gasteiger partial charge in [0.25, 0.3) is 5.91 Å². The van der Waals surface area contributed by atoms with Gasteiger partial charge < -0.3 is 20.7 Å². The van der Waals surface area contributed by atoms with E-state index in [0.29, 0.717) is 24.6 Å². The number of para-hydroxylation sites is 1. The van der Waals surface area contributed by atoms with Gasteiger partial charge in [0.1, 0.15) is 6.10 Å². The molecule has 0 saturated heterocycles. The lowest BCUT2D eigenvalue weighted by Crippen LogP contribution is -2.39. The van der Waals surface area contributed by atoms with Gasteiger partial charge in [0.2, 0.25) is 0 Å². The molecule has 0 aliphatic rings. The number of ether oxygens (including phenoxy) is 1. The van der Waals surface area contributed by atoms with E-state index in [0.717, 1.165) is 18.5 Å². The van der Waals surface area contributed by atoms with Crippen LogP contribution in [0.3, 0.4) is 0 Å². The Balaban J connectivity index is 0.00000450. The largest absolute Gasteiger partial charge is 0.486 e. The standard InChI is InChI=1S/C22H29FN4O2.HI/c1-4-25-22(27-15-16(2)29-20-11-6-5-10-19(20)23)26-13-12-17-8-7-9-18(14-17)21(28)24-3;/h5-11,14,16H,4,12-13,15H2,1-3H3,(H,24,28)(H2,25,26,27);1H. The molecule has 1 amide bonds. The highest BCUT2D eigenvalue weighted by molar-refractivity contribution is 14.0. The Labute approximate surface area is 194 Å². The Hall–Kier alpha value is -2.36. The molecule has 1 atom stereocenters. The molecule has 0 aliphatic carbocycles. The molecule has 30 heavy (non-hydrogen) atoms. The van der Waals surface area contributed by atoms with Gasteiger partial charge in [-0.05, 0) is 50.1 Å². The number of hydrogen-bond acceptors (Lipinski definition) is 3. The molecule has 0 saturated carbocycles. The Kier molecular flexibility index (Phi) is 11.8. The van der Waals surface area contributed by atoms with E-state index in [1.807, 2.05) is 32.0 Å². The average molecular weight is 528 g/mol. The summed E-state index contributed by atoms with van der Waals surface area (Å²) in [6.45, 7) is 5.61. The van der Waals surface area contributed by atoms with Crippen LogP contribution >= 0.6 is 24.0 Å². The number of guanidine groups is 1. The van der Waals surface area contributed by atoms with E-state index in [1.54, 1.807) is 31.3 Å². The van der Waals surface area contributed by atoms with Crippen molar-refractivity contribution in [1.82, 2.24) is 16.0 Å². The van der Waals surface area contributed by atoms with E-state index in [4.69, 9.17) is 4.74 Å². The second kappa shape index (κ2) is 13.8. The minimum absolute atomic E-state index is 0. The maximum absolute atomic E-state index is 13.7. The number of nitrogens with zero attached hydrogens (tertiary/aromatic N) is 1. The first-order valence-electron chi connectivity index (χ1n) is 9.77. The first-order valence-corrected chi connectivity index (χ1v) is 9.77. The molecule has 3 N–H and O–H groups in total. The maximum atomic E-state index is 13.7. The number of hydrogen-bond donors (Lipinski definition) is 3. The van der Waals surface area contributed by atoms with Crippen LogP contribution in [-0.2, 0) is 6.42 Å². The van der Waals surface area contributed by atoms with Crippen LogP contribution in [0.25, 0.3) is 0 Å². The lowest BCUT2D eigenvalue weighted by atomic mass is 10.1. The van der Waals surface area contributed by atoms with Gasteiger partial charge in [-0.1, -0.05) is 24.3 Å². The van der Waals surface area contributed by atoms with Gasteiger partial charge in [-0.25, -0.2) is 9.38 Å². The maximum Gasteiger partial charge on any atom is 0.251 e. The zero-order valence-electron chi connectivity index (χ0n) is 17.6. The fourth-order valence-corrected chi connectivity index (χ4v) is 2.69. The molecule has 164 valence electrons. The van der Waals surface area contributed by atoms with Gasteiger partial charge in [-0.15, -0.1) is 24.0 Å². The summed E-state index contributed by atoms with van der Waals surface area (Å²) in [5.41, 5.74) is 1.70. The van der Waals surface area contributed by atoms with Crippen molar-refractivity contribution in [2.45, 2.75) is 26.4 Å². The van der Waals surface area contributed by atoms with Crippen LogP contribution in [0.2, 0.25) is 0 Å². The quantitative estimate of drug-likeness (QED) is 0.265. The van der Waals surface area contributed by atoms with E-state index >= 15 is 0 Å². The summed E-state index contributed by atoms with van der Waals surface area (Å²) < 4.78 is 19.3. The second-order valence-corrected chi connectivity index (χ2v) is 6.53. The summed E-state index contributed by atoms with van der Waals surface area (Å²) in [6.07, 6.45) is 0.475. The predicted molar refractivity (Wildman–Crippen MR) is 129 cm³/mol. The van der Waals surface area contributed by atoms with Gasteiger partial charge >= 0.3 is 0 Å². The van der Waals surface area contributed by atoms with Crippen molar-refractivity contribution in [3.8, 4) is 5.75 Å². The van der Waals surface area contributed by atoms with Gasteiger partial charge in [-0.3, -0.25) is 4.79 Å². The highest BCUT2D eigenvalue weighted by Gasteiger charge is 2.08. The molecule has 6 nitrogen and oxygen atoms in total. The van der Waals surface area contributed by atoms with Crippen LogP contribution < -0.4 is 20.7 Å². The van der Waals surface area contributed by atoms with Crippen molar-refractivity contribution in [3.05, 3.63) is 65.5 Å². The normalized spacial score (nSPS) is 11.8. The van der Waals surface area contributed by atoms with Crippen LogP contribution in [0.15, 0.2) is 53.5 Å². The van der Waals surface area contributed by atoms with Crippen LogP contribution in [0.5, 0.6) is 5.75 Å². The molecule has 0 heterocycles. The fourth-order valence-electron chi connectivity index (χ4n) is 2.69. The molecular formula is C22H30FIN4O2. The third-order valence-corrected chi connectivity index (χ3v) is 4.14. The van der Waals surface area contributed by atoms with E-state index in [-0.39, 0.29) is 47.6 Å². The fraction of sp³-hybridized carbons (Fsp3) is 0.364. The highest BCUT2D eigenvalue weighted by Crippen LogP contribution is 2.17. The van der Waals surface area contributed by atoms with Gasteiger partial charge in [0.05, 0.1) is 6.54 Å². The number of amides is 1. The average Bonchev–Trinajstić information content (AvgIpc) is 2.73. The van der Waals surface area contributed by atoms with E-state index in [2.05, 4.69) is 20.9 Å². The third kappa shape index (κ3) is 8.56.